The van der Waals surface area contributed by atoms with E-state index in [9.17, 15) is 4.79 Å². The van der Waals surface area contributed by atoms with Crippen LogP contribution in [0.1, 0.15) is 11.6 Å². The Morgan fingerprint density at radius 3 is 2.59 bits per heavy atom. The van der Waals surface area contributed by atoms with Gasteiger partial charge >= 0.3 is 0 Å². The van der Waals surface area contributed by atoms with Crippen LogP contribution in [0, 0.1) is 0 Å². The summed E-state index contributed by atoms with van der Waals surface area (Å²) in [6.45, 7) is 0. The molecule has 0 bridgehead atoms. The first-order valence-corrected chi connectivity index (χ1v) is 10.5. The normalized spacial score (nSPS) is 19.1. The molecule has 2 aromatic carbocycles. The van der Waals surface area contributed by atoms with E-state index in [1.165, 1.54) is 10.5 Å². The molecule has 5 nitrogen and oxygen atoms in total. The first-order valence-electron chi connectivity index (χ1n) is 8.66. The van der Waals surface area contributed by atoms with Crippen molar-refractivity contribution in [3.63, 3.8) is 0 Å². The maximum atomic E-state index is 12.3. The van der Waals surface area contributed by atoms with Gasteiger partial charge in [-0.2, -0.15) is 10.1 Å². The molecule has 0 amide bonds. The third-order valence-electron chi connectivity index (χ3n) is 4.67. The summed E-state index contributed by atoms with van der Waals surface area (Å²) < 4.78 is 2.15. The van der Waals surface area contributed by atoms with Crippen molar-refractivity contribution in [2.45, 2.75) is 21.3 Å². The van der Waals surface area contributed by atoms with E-state index < -0.39 is 0 Å². The lowest BCUT2D eigenvalue weighted by atomic mass is 10.0. The molecule has 134 valence electrons. The zero-order valence-corrected chi connectivity index (χ0v) is 15.9. The molecule has 0 saturated heterocycles. The van der Waals surface area contributed by atoms with Crippen LogP contribution in [0.25, 0.3) is 11.0 Å². The molecule has 1 aliphatic rings. The molecule has 4 aromatic rings. The van der Waals surface area contributed by atoms with Crippen LogP contribution in [0.2, 0.25) is 0 Å². The summed E-state index contributed by atoms with van der Waals surface area (Å²) in [5.74, 6) is 0.880. The van der Waals surface area contributed by atoms with Crippen molar-refractivity contribution in [1.82, 2.24) is 19.7 Å². The molecule has 2 atom stereocenters. The molecule has 27 heavy (non-hydrogen) atoms. The number of thioether (sulfide) groups is 2. The van der Waals surface area contributed by atoms with E-state index in [0.29, 0.717) is 10.6 Å². The Bertz CT molecular complexity index is 1140. The van der Waals surface area contributed by atoms with Gasteiger partial charge in [0.15, 0.2) is 5.16 Å². The summed E-state index contributed by atoms with van der Waals surface area (Å²) in [4.78, 5) is 17.9. The molecule has 5 rings (SSSR count). The zero-order chi connectivity index (χ0) is 18.2. The highest BCUT2D eigenvalue weighted by atomic mass is 32.2. The van der Waals surface area contributed by atoms with Crippen molar-refractivity contribution >= 4 is 34.6 Å². The van der Waals surface area contributed by atoms with Crippen molar-refractivity contribution in [1.29, 1.82) is 0 Å². The minimum absolute atomic E-state index is 0.0590. The summed E-state index contributed by atoms with van der Waals surface area (Å²) >= 11 is 3.49. The quantitative estimate of drug-likeness (QED) is 0.535. The van der Waals surface area contributed by atoms with Crippen LogP contribution in [0.3, 0.4) is 0 Å². The Hall–Kier alpha value is -2.51. The molecule has 0 unspecified atom stereocenters. The third-order valence-corrected chi connectivity index (χ3v) is 7.23. The monoisotopic (exact) mass is 392 g/mol. The van der Waals surface area contributed by atoms with Crippen LogP contribution >= 0.6 is 23.5 Å². The van der Waals surface area contributed by atoms with Crippen LogP contribution < -0.4 is 5.56 Å². The van der Waals surface area contributed by atoms with Gasteiger partial charge in [0.1, 0.15) is 11.0 Å². The maximum absolute atomic E-state index is 12.3. The van der Waals surface area contributed by atoms with Gasteiger partial charge in [0.2, 0.25) is 0 Å². The molecule has 1 aliphatic heterocycles. The maximum Gasteiger partial charge on any atom is 0.284 e. The van der Waals surface area contributed by atoms with Gasteiger partial charge in [-0.05, 0) is 17.7 Å². The molecule has 0 aliphatic carbocycles. The molecule has 0 radical (unpaired) electrons. The van der Waals surface area contributed by atoms with Crippen molar-refractivity contribution < 1.29 is 0 Å². The predicted molar refractivity (Wildman–Crippen MR) is 110 cm³/mol. The number of rotatable bonds is 3. The number of fused-ring (bicyclic) bond motifs is 3. The minimum Gasteiger partial charge on any atom is -0.296 e. The average Bonchev–Trinajstić information content (AvgIpc) is 3.20. The number of nitrogens with zero attached hydrogens (tertiary/aromatic N) is 3. The SMILES string of the molecule is O=c1nc2n(c3[nH]ncc13)[C@H](c1ccccc1)[C@H](Sc1ccccc1)CS2. The molecule has 0 spiro atoms. The molecule has 3 heterocycles. The fraction of sp³-hybridized carbons (Fsp3) is 0.150. The summed E-state index contributed by atoms with van der Waals surface area (Å²) in [6, 6.07) is 20.9. The Labute approximate surface area is 164 Å². The standard InChI is InChI=1S/C20H16N4OS2/c25-19-15-11-21-23-18(15)24-17(13-7-3-1-4-8-13)16(12-26-20(24)22-19)27-14-9-5-2-6-10-14/h1-11,16-17H,12H2,(H,21,23)/t16-,17-/m1/s1. The van der Waals surface area contributed by atoms with Crippen LogP contribution in [-0.2, 0) is 0 Å². The summed E-state index contributed by atoms with van der Waals surface area (Å²) in [7, 11) is 0. The van der Waals surface area contributed by atoms with E-state index in [1.807, 2.05) is 23.9 Å². The van der Waals surface area contributed by atoms with Crippen molar-refractivity contribution in [2.75, 3.05) is 5.75 Å². The topological polar surface area (TPSA) is 63.6 Å². The van der Waals surface area contributed by atoms with E-state index in [-0.39, 0.29) is 11.6 Å². The largest absolute Gasteiger partial charge is 0.296 e. The van der Waals surface area contributed by atoms with E-state index in [2.05, 4.69) is 68.3 Å². The van der Waals surface area contributed by atoms with Gasteiger partial charge in [0.25, 0.3) is 5.56 Å². The Morgan fingerprint density at radius 1 is 1.07 bits per heavy atom. The average molecular weight is 393 g/mol. The van der Waals surface area contributed by atoms with Gasteiger partial charge in [0, 0.05) is 15.9 Å². The molecule has 0 fully saturated rings. The number of aromatic nitrogens is 4. The van der Waals surface area contributed by atoms with Crippen LogP contribution in [-0.4, -0.2) is 30.8 Å². The van der Waals surface area contributed by atoms with E-state index in [0.717, 1.165) is 16.6 Å². The van der Waals surface area contributed by atoms with Crippen molar-refractivity contribution in [2.24, 2.45) is 0 Å². The molecule has 1 N–H and O–H groups in total. The van der Waals surface area contributed by atoms with Crippen LogP contribution in [0.15, 0.2) is 81.7 Å². The van der Waals surface area contributed by atoms with E-state index in [1.54, 1.807) is 18.0 Å². The second kappa shape index (κ2) is 6.90. The van der Waals surface area contributed by atoms with Crippen molar-refractivity contribution in [3.8, 4) is 0 Å². The highest BCUT2D eigenvalue weighted by molar-refractivity contribution is 8.03. The van der Waals surface area contributed by atoms with Gasteiger partial charge in [-0.25, -0.2) is 0 Å². The molecule has 7 heteroatoms. The van der Waals surface area contributed by atoms with Gasteiger partial charge in [-0.3, -0.25) is 14.5 Å². The minimum atomic E-state index is -0.224. The smallest absolute Gasteiger partial charge is 0.284 e. The second-order valence-corrected chi connectivity index (χ2v) is 8.64. The van der Waals surface area contributed by atoms with Gasteiger partial charge < -0.3 is 0 Å². The second-order valence-electron chi connectivity index (χ2n) is 6.34. The predicted octanol–water partition coefficient (Wildman–Crippen LogP) is 3.98. The molecule has 0 saturated carbocycles. The lowest BCUT2D eigenvalue weighted by molar-refractivity contribution is 0.519. The number of H-pyrrole nitrogens is 1. The number of aromatic amines is 1. The fourth-order valence-corrected chi connectivity index (χ4v) is 6.01. The summed E-state index contributed by atoms with van der Waals surface area (Å²) in [5.41, 5.74) is 1.72. The zero-order valence-electron chi connectivity index (χ0n) is 14.3. The number of benzene rings is 2. The molecular weight excluding hydrogens is 376 g/mol. The summed E-state index contributed by atoms with van der Waals surface area (Å²) in [6.07, 6.45) is 1.57. The molecular formula is C20H16N4OS2. The van der Waals surface area contributed by atoms with Gasteiger partial charge in [-0.1, -0.05) is 60.3 Å². The molecule has 2 aromatic heterocycles. The van der Waals surface area contributed by atoms with Crippen molar-refractivity contribution in [3.05, 3.63) is 82.8 Å². The first-order chi connectivity index (χ1) is 13.3. The summed E-state index contributed by atoms with van der Waals surface area (Å²) in [5, 5.41) is 8.70. The Balaban J connectivity index is 1.69. The number of hydrogen-bond acceptors (Lipinski definition) is 5. The van der Waals surface area contributed by atoms with Crippen LogP contribution in [0.5, 0.6) is 0 Å². The number of hydrogen-bond donors (Lipinski definition) is 1. The van der Waals surface area contributed by atoms with E-state index >= 15 is 0 Å². The Morgan fingerprint density at radius 2 is 1.81 bits per heavy atom. The lowest BCUT2D eigenvalue weighted by Crippen LogP contribution is -2.33. The Kier molecular flexibility index (Phi) is 4.26. The lowest BCUT2D eigenvalue weighted by Gasteiger charge is -2.34. The van der Waals surface area contributed by atoms with Gasteiger partial charge in [0.05, 0.1) is 12.2 Å². The van der Waals surface area contributed by atoms with E-state index in [4.69, 9.17) is 0 Å². The number of nitrogens with one attached hydrogen (secondary N) is 1. The highest BCUT2D eigenvalue weighted by Crippen LogP contribution is 2.43. The van der Waals surface area contributed by atoms with Crippen LogP contribution in [0.4, 0.5) is 0 Å². The highest BCUT2D eigenvalue weighted by Gasteiger charge is 2.34. The van der Waals surface area contributed by atoms with Gasteiger partial charge in [-0.15, -0.1) is 11.8 Å². The first kappa shape index (κ1) is 16.6. The third kappa shape index (κ3) is 2.96. The fourth-order valence-electron chi connectivity index (χ4n) is 3.48.